The predicted molar refractivity (Wildman–Crippen MR) is 104 cm³/mol. The Morgan fingerprint density at radius 2 is 1.09 bits per heavy atom. The first-order chi connectivity index (χ1) is 11.3. The molecule has 0 aromatic carbocycles. The normalized spacial score (nSPS) is 32.4. The van der Waals surface area contributed by atoms with E-state index in [0.29, 0.717) is 0 Å². The van der Waals surface area contributed by atoms with Crippen molar-refractivity contribution in [2.75, 3.05) is 0 Å². The van der Waals surface area contributed by atoms with Crippen LogP contribution in [0.15, 0.2) is 12.2 Å². The highest BCUT2D eigenvalue weighted by atomic mass is 14.3. The lowest BCUT2D eigenvalue weighted by molar-refractivity contribution is 0.236. The Hall–Kier alpha value is -0.260. The summed E-state index contributed by atoms with van der Waals surface area (Å²) in [5.41, 5.74) is 0. The van der Waals surface area contributed by atoms with Gasteiger partial charge in [-0.05, 0) is 43.4 Å². The maximum Gasteiger partial charge on any atom is -0.0348 e. The maximum absolute atomic E-state index is 2.38. The van der Waals surface area contributed by atoms with Crippen molar-refractivity contribution in [2.45, 2.75) is 110 Å². The molecule has 0 N–H and O–H groups in total. The third-order valence-electron chi connectivity index (χ3n) is 6.96. The van der Waals surface area contributed by atoms with E-state index >= 15 is 0 Å². The van der Waals surface area contributed by atoms with Gasteiger partial charge < -0.3 is 0 Å². The van der Waals surface area contributed by atoms with E-state index in [0.717, 1.165) is 23.7 Å². The van der Waals surface area contributed by atoms with Gasteiger partial charge >= 0.3 is 0 Å². The van der Waals surface area contributed by atoms with Crippen molar-refractivity contribution in [1.82, 2.24) is 0 Å². The van der Waals surface area contributed by atoms with Crippen LogP contribution in [0.1, 0.15) is 110 Å². The van der Waals surface area contributed by atoms with Crippen LogP contribution >= 0.6 is 0 Å². The van der Waals surface area contributed by atoms with Crippen LogP contribution in [-0.4, -0.2) is 0 Å². The summed E-state index contributed by atoms with van der Waals surface area (Å²) in [6, 6.07) is 0. The molecular formula is C23H42. The fourth-order valence-corrected chi connectivity index (χ4v) is 5.10. The van der Waals surface area contributed by atoms with E-state index in [9.17, 15) is 0 Å². The summed E-state index contributed by atoms with van der Waals surface area (Å²) in [7, 11) is 0. The molecule has 2 aliphatic carbocycles. The molecule has 2 saturated carbocycles. The van der Waals surface area contributed by atoms with Gasteiger partial charge in [-0.3, -0.25) is 0 Å². The third-order valence-corrected chi connectivity index (χ3v) is 6.96. The minimum Gasteiger partial charge on any atom is -0.0917 e. The zero-order chi connectivity index (χ0) is 16.3. The summed E-state index contributed by atoms with van der Waals surface area (Å²) in [4.78, 5) is 0. The van der Waals surface area contributed by atoms with Gasteiger partial charge in [0.25, 0.3) is 0 Å². The van der Waals surface area contributed by atoms with E-state index in [-0.39, 0.29) is 0 Å². The van der Waals surface area contributed by atoms with Crippen LogP contribution in [0.3, 0.4) is 0 Å². The minimum atomic E-state index is 1.04. The summed E-state index contributed by atoms with van der Waals surface area (Å²) in [6.07, 6.45) is 27.1. The predicted octanol–water partition coefficient (Wildman–Crippen LogP) is 7.93. The van der Waals surface area contributed by atoms with E-state index in [2.05, 4.69) is 26.0 Å². The first-order valence-corrected chi connectivity index (χ1v) is 10.9. The standard InChI is InChI=1S/C23H42/c1-3-5-6-9-21-16-18-23(19-17-21)11-8-7-10-22-14-12-20(4-2)13-15-22/h3,5,20-23H,4,6-19H2,1-2H3/b5-3+/t20-,21?,22-,23?. The molecule has 0 spiro atoms. The molecule has 0 radical (unpaired) electrons. The third kappa shape index (κ3) is 7.44. The lowest BCUT2D eigenvalue weighted by atomic mass is 9.77. The van der Waals surface area contributed by atoms with Gasteiger partial charge in [0.15, 0.2) is 0 Å². The zero-order valence-electron chi connectivity index (χ0n) is 16.1. The van der Waals surface area contributed by atoms with Gasteiger partial charge in [-0.2, -0.15) is 0 Å². The van der Waals surface area contributed by atoms with Crippen molar-refractivity contribution in [2.24, 2.45) is 23.7 Å². The van der Waals surface area contributed by atoms with Crippen LogP contribution in [0.5, 0.6) is 0 Å². The molecule has 0 amide bonds. The lowest BCUT2D eigenvalue weighted by Gasteiger charge is -2.29. The molecule has 23 heavy (non-hydrogen) atoms. The highest BCUT2D eigenvalue weighted by molar-refractivity contribution is 4.80. The van der Waals surface area contributed by atoms with E-state index in [1.807, 2.05) is 0 Å². The summed E-state index contributed by atoms with van der Waals surface area (Å²) in [5, 5.41) is 0. The van der Waals surface area contributed by atoms with Crippen molar-refractivity contribution in [3.05, 3.63) is 12.2 Å². The van der Waals surface area contributed by atoms with Gasteiger partial charge in [0.05, 0.1) is 0 Å². The van der Waals surface area contributed by atoms with Crippen LogP contribution in [0, 0.1) is 23.7 Å². The Morgan fingerprint density at radius 1 is 0.652 bits per heavy atom. The molecule has 2 rings (SSSR count). The van der Waals surface area contributed by atoms with Gasteiger partial charge in [-0.25, -0.2) is 0 Å². The minimum absolute atomic E-state index is 1.04. The Bertz CT molecular complexity index is 300. The molecule has 0 atom stereocenters. The van der Waals surface area contributed by atoms with Crippen LogP contribution in [0.25, 0.3) is 0 Å². The average Bonchev–Trinajstić information content (AvgIpc) is 2.61. The molecule has 0 aliphatic heterocycles. The number of rotatable bonds is 9. The molecular weight excluding hydrogens is 276 g/mol. The van der Waals surface area contributed by atoms with Crippen molar-refractivity contribution >= 4 is 0 Å². The van der Waals surface area contributed by atoms with E-state index in [1.54, 1.807) is 0 Å². The number of allylic oxidation sites excluding steroid dienone is 2. The molecule has 0 unspecified atom stereocenters. The number of unbranched alkanes of at least 4 members (excludes halogenated alkanes) is 1. The second-order valence-electron chi connectivity index (χ2n) is 8.61. The molecule has 0 heterocycles. The molecule has 2 fully saturated rings. The fraction of sp³-hybridized carbons (Fsp3) is 0.913. The average molecular weight is 319 g/mol. The van der Waals surface area contributed by atoms with Crippen LogP contribution < -0.4 is 0 Å². The Labute approximate surface area is 146 Å². The molecule has 0 bridgehead atoms. The summed E-state index contributed by atoms with van der Waals surface area (Å²) < 4.78 is 0. The second-order valence-corrected chi connectivity index (χ2v) is 8.61. The van der Waals surface area contributed by atoms with Gasteiger partial charge in [0.2, 0.25) is 0 Å². The highest BCUT2D eigenvalue weighted by Gasteiger charge is 2.21. The molecule has 0 aromatic rings. The first-order valence-electron chi connectivity index (χ1n) is 10.9. The van der Waals surface area contributed by atoms with Crippen molar-refractivity contribution in [3.63, 3.8) is 0 Å². The number of hydrogen-bond donors (Lipinski definition) is 0. The molecule has 134 valence electrons. The SMILES string of the molecule is C/C=C/CCC1CCC(CCCC[C@H]2CC[C@H](CC)CC2)CC1. The van der Waals surface area contributed by atoms with E-state index in [4.69, 9.17) is 0 Å². The molecule has 0 aromatic heterocycles. The maximum atomic E-state index is 2.38. The highest BCUT2D eigenvalue weighted by Crippen LogP contribution is 2.36. The zero-order valence-corrected chi connectivity index (χ0v) is 16.1. The van der Waals surface area contributed by atoms with Gasteiger partial charge in [0, 0.05) is 0 Å². The Kier molecular flexibility index (Phi) is 9.39. The van der Waals surface area contributed by atoms with E-state index < -0.39 is 0 Å². The van der Waals surface area contributed by atoms with Gasteiger partial charge in [-0.15, -0.1) is 0 Å². The molecule has 0 heteroatoms. The van der Waals surface area contributed by atoms with E-state index in [1.165, 1.54) is 96.3 Å². The lowest BCUT2D eigenvalue weighted by Crippen LogP contribution is -2.15. The monoisotopic (exact) mass is 318 g/mol. The first kappa shape index (κ1) is 19.1. The molecule has 0 nitrogen and oxygen atoms in total. The smallest absolute Gasteiger partial charge is 0.0348 e. The van der Waals surface area contributed by atoms with Crippen LogP contribution in [0.4, 0.5) is 0 Å². The summed E-state index contributed by atoms with van der Waals surface area (Å²) in [5.74, 6) is 4.26. The second kappa shape index (κ2) is 11.3. The molecule has 2 aliphatic rings. The molecule has 0 saturated heterocycles. The Balaban J connectivity index is 1.46. The topological polar surface area (TPSA) is 0 Å². The summed E-state index contributed by atoms with van der Waals surface area (Å²) >= 11 is 0. The Morgan fingerprint density at radius 3 is 1.52 bits per heavy atom. The fourth-order valence-electron chi connectivity index (χ4n) is 5.10. The van der Waals surface area contributed by atoms with Crippen molar-refractivity contribution in [1.29, 1.82) is 0 Å². The quantitative estimate of drug-likeness (QED) is 0.299. The number of hydrogen-bond acceptors (Lipinski definition) is 0. The van der Waals surface area contributed by atoms with Crippen LogP contribution in [0.2, 0.25) is 0 Å². The van der Waals surface area contributed by atoms with Gasteiger partial charge in [-0.1, -0.05) is 103 Å². The van der Waals surface area contributed by atoms with Crippen molar-refractivity contribution in [3.8, 4) is 0 Å². The van der Waals surface area contributed by atoms with Crippen molar-refractivity contribution < 1.29 is 0 Å². The van der Waals surface area contributed by atoms with Gasteiger partial charge in [0.1, 0.15) is 0 Å². The van der Waals surface area contributed by atoms with Crippen LogP contribution in [-0.2, 0) is 0 Å². The summed E-state index contributed by atoms with van der Waals surface area (Å²) in [6.45, 7) is 4.52. The largest absolute Gasteiger partial charge is 0.0917 e.